The van der Waals surface area contributed by atoms with Gasteiger partial charge in [-0.3, -0.25) is 9.59 Å². The third-order valence-electron chi connectivity index (χ3n) is 3.11. The number of anilines is 1. The van der Waals surface area contributed by atoms with E-state index in [2.05, 4.69) is 5.32 Å². The van der Waals surface area contributed by atoms with Gasteiger partial charge in [-0.1, -0.05) is 0 Å². The maximum absolute atomic E-state index is 12.7. The number of alkyl halides is 3. The van der Waals surface area contributed by atoms with Crippen LogP contribution in [0.2, 0.25) is 0 Å². The third kappa shape index (κ3) is 4.67. The van der Waals surface area contributed by atoms with Gasteiger partial charge in [-0.05, 0) is 36.4 Å². The molecule has 2 aromatic rings. The summed E-state index contributed by atoms with van der Waals surface area (Å²) >= 11 is 0. The lowest BCUT2D eigenvalue weighted by Gasteiger charge is -2.11. The predicted octanol–water partition coefficient (Wildman–Crippen LogP) is 1.15. The van der Waals surface area contributed by atoms with Gasteiger partial charge in [-0.2, -0.15) is 13.2 Å². The summed E-state index contributed by atoms with van der Waals surface area (Å²) in [6.07, 6.45) is -3.76. The number of nitrogens with two attached hydrogens (primary N) is 1. The first-order valence-electron chi connectivity index (χ1n) is 6.68. The van der Waals surface area contributed by atoms with E-state index in [1.165, 1.54) is 12.1 Å². The first kappa shape index (κ1) is 18.7. The number of halogens is 3. The number of amides is 1. The van der Waals surface area contributed by atoms with Crippen molar-refractivity contribution in [2.45, 2.75) is 17.6 Å². The maximum atomic E-state index is 12.7. The van der Waals surface area contributed by atoms with Gasteiger partial charge in [0, 0.05) is 11.9 Å². The number of sulfonamides is 1. The zero-order valence-corrected chi connectivity index (χ0v) is 13.3. The second-order valence-electron chi connectivity index (χ2n) is 4.97. The monoisotopic (exact) mass is 375 g/mol. The number of carbonyl (C=O) groups is 1. The molecule has 0 aliphatic heterocycles. The second-order valence-corrected chi connectivity index (χ2v) is 6.53. The highest BCUT2D eigenvalue weighted by Crippen LogP contribution is 2.25. The van der Waals surface area contributed by atoms with Gasteiger partial charge in [0.05, 0.1) is 4.90 Å². The topological polar surface area (TPSA) is 111 Å². The zero-order valence-electron chi connectivity index (χ0n) is 12.4. The van der Waals surface area contributed by atoms with Crippen LogP contribution < -0.4 is 16.0 Å². The lowest BCUT2D eigenvalue weighted by atomic mass is 10.2. The van der Waals surface area contributed by atoms with E-state index >= 15 is 0 Å². The van der Waals surface area contributed by atoms with Gasteiger partial charge < -0.3 is 9.88 Å². The number of hydrogen-bond acceptors (Lipinski definition) is 4. The summed E-state index contributed by atoms with van der Waals surface area (Å²) in [4.78, 5) is 23.5. The summed E-state index contributed by atoms with van der Waals surface area (Å²) in [5.41, 5.74) is -2.52. The Morgan fingerprint density at radius 3 is 2.28 bits per heavy atom. The number of pyridine rings is 1. The van der Waals surface area contributed by atoms with Gasteiger partial charge >= 0.3 is 6.18 Å². The molecule has 1 aromatic carbocycles. The molecule has 25 heavy (non-hydrogen) atoms. The number of carbonyl (C=O) groups excluding carboxylic acids is 1. The molecule has 2 rings (SSSR count). The van der Waals surface area contributed by atoms with Crippen LogP contribution in [0.1, 0.15) is 5.56 Å². The van der Waals surface area contributed by atoms with Crippen molar-refractivity contribution in [2.75, 3.05) is 5.32 Å². The molecule has 0 radical (unpaired) electrons. The fourth-order valence-corrected chi connectivity index (χ4v) is 2.48. The summed E-state index contributed by atoms with van der Waals surface area (Å²) in [6, 6.07) is 6.46. The standard InChI is InChI=1S/C14H12F3N3O4S/c15-14(16,17)11-2-1-7-20(13(11)22)8-12(21)19-9-3-5-10(6-4-9)25(18,23)24/h1-7H,8H2,(H,19,21)(H2,18,23,24). The molecule has 7 nitrogen and oxygen atoms in total. The van der Waals surface area contributed by atoms with E-state index in [-0.39, 0.29) is 10.6 Å². The first-order chi connectivity index (χ1) is 11.5. The molecular formula is C14H12F3N3O4S. The number of nitrogens with zero attached hydrogens (tertiary/aromatic N) is 1. The Bertz CT molecular complexity index is 951. The van der Waals surface area contributed by atoms with Gasteiger partial charge in [0.15, 0.2) is 0 Å². The van der Waals surface area contributed by atoms with E-state index in [0.717, 1.165) is 24.4 Å². The van der Waals surface area contributed by atoms with Crippen LogP contribution >= 0.6 is 0 Å². The minimum atomic E-state index is -4.82. The van der Waals surface area contributed by atoms with Crippen molar-refractivity contribution in [3.8, 4) is 0 Å². The Hall–Kier alpha value is -2.66. The van der Waals surface area contributed by atoms with E-state index < -0.39 is 39.8 Å². The molecule has 3 N–H and O–H groups in total. The Labute approximate surface area is 139 Å². The number of benzene rings is 1. The molecule has 0 bridgehead atoms. The highest BCUT2D eigenvalue weighted by Gasteiger charge is 2.34. The summed E-state index contributed by atoms with van der Waals surface area (Å²) < 4.78 is 60.9. The van der Waals surface area contributed by atoms with Gasteiger partial charge in [0.1, 0.15) is 12.1 Å². The zero-order chi connectivity index (χ0) is 18.8. The van der Waals surface area contributed by atoms with Crippen LogP contribution in [-0.4, -0.2) is 18.9 Å². The minimum absolute atomic E-state index is 0.167. The lowest BCUT2D eigenvalue weighted by Crippen LogP contribution is -2.31. The SMILES string of the molecule is NS(=O)(=O)c1ccc(NC(=O)Cn2cccc(C(F)(F)F)c2=O)cc1. The quantitative estimate of drug-likeness (QED) is 0.835. The minimum Gasteiger partial charge on any atom is -0.325 e. The third-order valence-corrected chi connectivity index (χ3v) is 4.04. The van der Waals surface area contributed by atoms with Crippen LogP contribution in [0.25, 0.3) is 0 Å². The van der Waals surface area contributed by atoms with E-state index in [4.69, 9.17) is 5.14 Å². The number of aromatic nitrogens is 1. The lowest BCUT2D eigenvalue weighted by molar-refractivity contribution is -0.139. The molecule has 0 spiro atoms. The van der Waals surface area contributed by atoms with Crippen LogP contribution in [0.3, 0.4) is 0 Å². The molecule has 11 heteroatoms. The summed E-state index contributed by atoms with van der Waals surface area (Å²) in [5.74, 6) is -0.759. The normalized spacial score (nSPS) is 12.0. The van der Waals surface area contributed by atoms with Crippen molar-refractivity contribution in [3.63, 3.8) is 0 Å². The summed E-state index contributed by atoms with van der Waals surface area (Å²) in [6.45, 7) is -0.639. The molecule has 0 saturated carbocycles. The van der Waals surface area contributed by atoms with Crippen LogP contribution in [0.5, 0.6) is 0 Å². The highest BCUT2D eigenvalue weighted by atomic mass is 32.2. The average molecular weight is 375 g/mol. The van der Waals surface area contributed by atoms with E-state index in [9.17, 15) is 31.2 Å². The van der Waals surface area contributed by atoms with Gasteiger partial charge in [-0.25, -0.2) is 13.6 Å². The molecule has 0 fully saturated rings. The van der Waals surface area contributed by atoms with Gasteiger partial charge in [-0.15, -0.1) is 0 Å². The van der Waals surface area contributed by atoms with Crippen molar-refractivity contribution < 1.29 is 26.4 Å². The largest absolute Gasteiger partial charge is 0.421 e. The Morgan fingerprint density at radius 1 is 1.16 bits per heavy atom. The number of nitrogens with one attached hydrogen (secondary N) is 1. The van der Waals surface area contributed by atoms with Crippen LogP contribution in [-0.2, 0) is 27.5 Å². The Balaban J connectivity index is 2.15. The number of primary sulfonamides is 1. The van der Waals surface area contributed by atoms with Crippen LogP contribution in [0.4, 0.5) is 18.9 Å². The average Bonchev–Trinajstić information content (AvgIpc) is 2.47. The van der Waals surface area contributed by atoms with E-state index in [1.807, 2.05) is 0 Å². The van der Waals surface area contributed by atoms with E-state index in [1.54, 1.807) is 0 Å². The second kappa shape index (κ2) is 6.69. The van der Waals surface area contributed by atoms with E-state index in [0.29, 0.717) is 10.6 Å². The van der Waals surface area contributed by atoms with Crippen molar-refractivity contribution >= 4 is 21.6 Å². The van der Waals surface area contributed by atoms with Crippen molar-refractivity contribution in [1.82, 2.24) is 4.57 Å². The highest BCUT2D eigenvalue weighted by molar-refractivity contribution is 7.89. The van der Waals surface area contributed by atoms with Crippen molar-refractivity contribution in [2.24, 2.45) is 5.14 Å². The molecule has 0 unspecified atom stereocenters. The van der Waals surface area contributed by atoms with Crippen LogP contribution in [0.15, 0.2) is 52.3 Å². The van der Waals surface area contributed by atoms with Crippen molar-refractivity contribution in [3.05, 3.63) is 58.5 Å². The predicted molar refractivity (Wildman–Crippen MR) is 82.1 cm³/mol. The summed E-state index contributed by atoms with van der Waals surface area (Å²) in [5, 5.41) is 7.27. The molecule has 1 aromatic heterocycles. The number of rotatable bonds is 4. The van der Waals surface area contributed by atoms with Gasteiger partial charge in [0.2, 0.25) is 15.9 Å². The first-order valence-corrected chi connectivity index (χ1v) is 8.22. The molecule has 0 aliphatic carbocycles. The molecular weight excluding hydrogens is 363 g/mol. The smallest absolute Gasteiger partial charge is 0.325 e. The van der Waals surface area contributed by atoms with Gasteiger partial charge in [0.25, 0.3) is 5.56 Å². The molecule has 134 valence electrons. The number of hydrogen-bond donors (Lipinski definition) is 2. The molecule has 1 heterocycles. The van der Waals surface area contributed by atoms with Crippen molar-refractivity contribution in [1.29, 1.82) is 0 Å². The summed E-state index contributed by atoms with van der Waals surface area (Å²) in [7, 11) is -3.89. The molecule has 0 saturated heterocycles. The molecule has 0 atom stereocenters. The fourth-order valence-electron chi connectivity index (χ4n) is 1.96. The Morgan fingerprint density at radius 2 is 1.76 bits per heavy atom. The fraction of sp³-hybridized carbons (Fsp3) is 0.143. The van der Waals surface area contributed by atoms with Crippen LogP contribution in [0, 0.1) is 0 Å². The molecule has 0 aliphatic rings. The molecule has 1 amide bonds. The Kier molecular flexibility index (Phi) is 4.99. The maximum Gasteiger partial charge on any atom is 0.421 e.